The first-order chi connectivity index (χ1) is 11.7. The number of aliphatic hydroxyl groups excluding tert-OH is 1. The van der Waals surface area contributed by atoms with Crippen molar-refractivity contribution >= 4 is 17.4 Å². The maximum atomic E-state index is 11.9. The van der Waals surface area contributed by atoms with Crippen LogP contribution in [0.5, 0.6) is 0 Å². The summed E-state index contributed by atoms with van der Waals surface area (Å²) in [6, 6.07) is 9.83. The van der Waals surface area contributed by atoms with Crippen molar-refractivity contribution < 1.29 is 9.90 Å². The molecule has 0 saturated heterocycles. The predicted molar refractivity (Wildman–Crippen MR) is 95.8 cm³/mol. The molecule has 1 saturated carbocycles. The van der Waals surface area contributed by atoms with Crippen LogP contribution < -0.4 is 10.6 Å². The quantitative estimate of drug-likeness (QED) is 0.779. The van der Waals surface area contributed by atoms with Crippen molar-refractivity contribution in [3.63, 3.8) is 0 Å². The molecular weight excluding hydrogens is 322 g/mol. The molecule has 0 bridgehead atoms. The molecule has 24 heavy (non-hydrogen) atoms. The zero-order valence-electron chi connectivity index (χ0n) is 13.6. The molecular formula is C18H23N3O2S. The normalized spacial score (nSPS) is 20.5. The lowest BCUT2D eigenvalue weighted by molar-refractivity contribution is 0.101. The Balaban J connectivity index is 1.42. The van der Waals surface area contributed by atoms with Crippen LogP contribution in [0.2, 0.25) is 0 Å². The van der Waals surface area contributed by atoms with E-state index in [-0.39, 0.29) is 12.1 Å². The number of carbonyl (C=O) groups excluding carboxylic acids is 1. The molecule has 1 aromatic carbocycles. The van der Waals surface area contributed by atoms with Gasteiger partial charge in [-0.1, -0.05) is 36.8 Å². The topological polar surface area (TPSA) is 74.2 Å². The zero-order valence-corrected chi connectivity index (χ0v) is 14.4. The van der Waals surface area contributed by atoms with Crippen molar-refractivity contribution in [1.82, 2.24) is 15.6 Å². The Bertz CT molecular complexity index is 659. The Hall–Kier alpha value is -1.92. The van der Waals surface area contributed by atoms with Crippen molar-refractivity contribution in [2.24, 2.45) is 5.92 Å². The average Bonchev–Trinajstić information content (AvgIpc) is 3.08. The average molecular weight is 345 g/mol. The Morgan fingerprint density at radius 2 is 2.08 bits per heavy atom. The molecule has 2 unspecified atom stereocenters. The maximum absolute atomic E-state index is 11.9. The van der Waals surface area contributed by atoms with E-state index in [9.17, 15) is 9.90 Å². The Labute approximate surface area is 146 Å². The fourth-order valence-corrected chi connectivity index (χ4v) is 3.78. The Morgan fingerprint density at radius 1 is 1.25 bits per heavy atom. The molecule has 0 spiro atoms. The number of hydrogen-bond acceptors (Lipinski definition) is 4. The minimum atomic E-state index is -0.208. The SMILES string of the molecule is O=C(NCc1nc(-c2ccccc2)cs1)NCC1CCCC(O)C1. The predicted octanol–water partition coefficient (Wildman–Crippen LogP) is 3.16. The number of urea groups is 1. The standard InChI is InChI=1S/C18H23N3O2S/c22-15-8-4-5-13(9-15)10-19-18(23)20-11-17-21-16(12-24-17)14-6-2-1-3-7-14/h1-3,6-7,12-13,15,22H,4-5,8-11H2,(H2,19,20,23). The number of benzene rings is 1. The number of carbonyl (C=O) groups is 1. The summed E-state index contributed by atoms with van der Waals surface area (Å²) < 4.78 is 0. The van der Waals surface area contributed by atoms with Gasteiger partial charge in [-0.3, -0.25) is 0 Å². The van der Waals surface area contributed by atoms with E-state index in [0.29, 0.717) is 19.0 Å². The molecule has 0 aliphatic heterocycles. The molecule has 1 aromatic heterocycles. The largest absolute Gasteiger partial charge is 0.393 e. The highest BCUT2D eigenvalue weighted by molar-refractivity contribution is 7.09. The van der Waals surface area contributed by atoms with Crippen LogP contribution in [0.15, 0.2) is 35.7 Å². The highest BCUT2D eigenvalue weighted by atomic mass is 32.1. The van der Waals surface area contributed by atoms with Gasteiger partial charge < -0.3 is 15.7 Å². The number of amides is 2. The highest BCUT2D eigenvalue weighted by Gasteiger charge is 2.20. The smallest absolute Gasteiger partial charge is 0.315 e. The molecule has 5 nitrogen and oxygen atoms in total. The summed E-state index contributed by atoms with van der Waals surface area (Å²) in [6.45, 7) is 1.05. The van der Waals surface area contributed by atoms with Gasteiger partial charge in [0.1, 0.15) is 5.01 Å². The maximum Gasteiger partial charge on any atom is 0.315 e. The number of rotatable bonds is 5. The van der Waals surface area contributed by atoms with Crippen LogP contribution in [0.25, 0.3) is 11.3 Å². The number of aromatic nitrogens is 1. The fraction of sp³-hybridized carbons (Fsp3) is 0.444. The van der Waals surface area contributed by atoms with Gasteiger partial charge in [0.2, 0.25) is 0 Å². The van der Waals surface area contributed by atoms with Gasteiger partial charge in [-0.05, 0) is 25.2 Å². The molecule has 2 amide bonds. The zero-order chi connectivity index (χ0) is 16.8. The minimum Gasteiger partial charge on any atom is -0.393 e. The highest BCUT2D eigenvalue weighted by Crippen LogP contribution is 2.23. The van der Waals surface area contributed by atoms with Gasteiger partial charge in [-0.25, -0.2) is 9.78 Å². The van der Waals surface area contributed by atoms with E-state index in [1.54, 1.807) is 11.3 Å². The van der Waals surface area contributed by atoms with Gasteiger partial charge >= 0.3 is 6.03 Å². The summed E-state index contributed by atoms with van der Waals surface area (Å²) in [4.78, 5) is 16.5. The van der Waals surface area contributed by atoms with E-state index < -0.39 is 0 Å². The monoisotopic (exact) mass is 345 g/mol. The first-order valence-electron chi connectivity index (χ1n) is 8.40. The Kier molecular flexibility index (Phi) is 5.82. The number of nitrogens with zero attached hydrogens (tertiary/aromatic N) is 1. The first-order valence-corrected chi connectivity index (χ1v) is 9.28. The first kappa shape index (κ1) is 16.9. The molecule has 6 heteroatoms. The fourth-order valence-electron chi connectivity index (χ4n) is 3.04. The molecule has 2 atom stereocenters. The number of nitrogens with one attached hydrogen (secondary N) is 2. The number of aliphatic hydroxyl groups is 1. The third-order valence-corrected chi connectivity index (χ3v) is 5.18. The minimum absolute atomic E-state index is 0.175. The van der Waals surface area contributed by atoms with E-state index in [4.69, 9.17) is 0 Å². The summed E-state index contributed by atoms with van der Waals surface area (Å²) in [6.07, 6.45) is 3.57. The van der Waals surface area contributed by atoms with Crippen LogP contribution in [0.3, 0.4) is 0 Å². The summed E-state index contributed by atoms with van der Waals surface area (Å²) in [5.74, 6) is 0.379. The molecule has 1 aliphatic rings. The van der Waals surface area contributed by atoms with Crippen LogP contribution in [-0.2, 0) is 6.54 Å². The van der Waals surface area contributed by atoms with Crippen LogP contribution in [0, 0.1) is 5.92 Å². The van der Waals surface area contributed by atoms with Gasteiger partial charge in [0.15, 0.2) is 0 Å². The molecule has 3 rings (SSSR count). The summed E-state index contributed by atoms with van der Waals surface area (Å²) >= 11 is 1.55. The molecule has 1 heterocycles. The molecule has 3 N–H and O–H groups in total. The molecule has 0 radical (unpaired) electrons. The van der Waals surface area contributed by atoms with E-state index in [1.165, 1.54) is 0 Å². The third kappa shape index (κ3) is 4.79. The van der Waals surface area contributed by atoms with E-state index >= 15 is 0 Å². The van der Waals surface area contributed by atoms with Gasteiger partial charge in [0, 0.05) is 17.5 Å². The van der Waals surface area contributed by atoms with E-state index in [2.05, 4.69) is 15.6 Å². The van der Waals surface area contributed by atoms with Gasteiger partial charge in [0.25, 0.3) is 0 Å². The van der Waals surface area contributed by atoms with Gasteiger partial charge in [0.05, 0.1) is 18.3 Å². The number of thiazole rings is 1. The summed E-state index contributed by atoms with van der Waals surface area (Å²) in [5.41, 5.74) is 2.02. The number of hydrogen-bond donors (Lipinski definition) is 3. The molecule has 1 fully saturated rings. The van der Waals surface area contributed by atoms with Crippen molar-refractivity contribution in [1.29, 1.82) is 0 Å². The lowest BCUT2D eigenvalue weighted by Crippen LogP contribution is -2.39. The van der Waals surface area contributed by atoms with Crippen molar-refractivity contribution in [2.75, 3.05) is 6.54 Å². The van der Waals surface area contributed by atoms with E-state index in [1.807, 2.05) is 35.7 Å². The van der Waals surface area contributed by atoms with Crippen molar-refractivity contribution in [3.05, 3.63) is 40.7 Å². The molecule has 1 aliphatic carbocycles. The third-order valence-electron chi connectivity index (χ3n) is 4.33. The van der Waals surface area contributed by atoms with Gasteiger partial charge in [-0.2, -0.15) is 0 Å². The summed E-state index contributed by atoms with van der Waals surface area (Å²) in [7, 11) is 0. The van der Waals surface area contributed by atoms with Crippen molar-refractivity contribution in [2.45, 2.75) is 38.3 Å². The Morgan fingerprint density at radius 3 is 2.88 bits per heavy atom. The molecule has 128 valence electrons. The second-order valence-electron chi connectivity index (χ2n) is 6.24. The van der Waals surface area contributed by atoms with Crippen LogP contribution in [-0.4, -0.2) is 28.8 Å². The second-order valence-corrected chi connectivity index (χ2v) is 7.19. The van der Waals surface area contributed by atoms with Crippen LogP contribution in [0.1, 0.15) is 30.7 Å². The summed E-state index contributed by atoms with van der Waals surface area (Å²) in [5, 5.41) is 18.3. The van der Waals surface area contributed by atoms with Crippen LogP contribution in [0.4, 0.5) is 4.79 Å². The molecule has 2 aromatic rings. The van der Waals surface area contributed by atoms with Gasteiger partial charge in [-0.15, -0.1) is 11.3 Å². The van der Waals surface area contributed by atoms with Crippen molar-refractivity contribution in [3.8, 4) is 11.3 Å². The lowest BCUT2D eigenvalue weighted by atomic mass is 9.87. The van der Waals surface area contributed by atoms with Crippen LogP contribution >= 0.6 is 11.3 Å². The lowest BCUT2D eigenvalue weighted by Gasteiger charge is -2.25. The van der Waals surface area contributed by atoms with E-state index in [0.717, 1.165) is 41.9 Å². The second kappa shape index (κ2) is 8.26.